The van der Waals surface area contributed by atoms with Gasteiger partial charge < -0.3 is 19.5 Å². The second kappa shape index (κ2) is 11.5. The monoisotopic (exact) mass is 519 g/mol. The molecule has 1 aliphatic rings. The van der Waals surface area contributed by atoms with Crippen LogP contribution in [0.15, 0.2) is 46.1 Å². The number of ether oxygens (including phenoxy) is 1. The van der Waals surface area contributed by atoms with Gasteiger partial charge in [0, 0.05) is 50.9 Å². The summed E-state index contributed by atoms with van der Waals surface area (Å²) in [6, 6.07) is 9.32. The van der Waals surface area contributed by atoms with Crippen molar-refractivity contribution in [3.63, 3.8) is 0 Å². The molecule has 7 nitrogen and oxygen atoms in total. The van der Waals surface area contributed by atoms with Gasteiger partial charge in [0.15, 0.2) is 5.96 Å². The van der Waals surface area contributed by atoms with Crippen molar-refractivity contribution in [3.05, 3.63) is 47.3 Å². The van der Waals surface area contributed by atoms with Gasteiger partial charge in [-0.1, -0.05) is 16.8 Å². The van der Waals surface area contributed by atoms with Crippen LogP contribution in [0, 0.1) is 0 Å². The fourth-order valence-corrected chi connectivity index (χ4v) is 3.15. The summed E-state index contributed by atoms with van der Waals surface area (Å²) in [7, 11) is 1.81. The molecule has 2 heterocycles. The highest BCUT2D eigenvalue weighted by Gasteiger charge is 2.20. The topological polar surface area (TPSA) is 66.1 Å². The number of aliphatic imine (C=N–C) groups is 1. The number of guanidine groups is 1. The fraction of sp³-hybridized carbons (Fsp3) is 0.474. The molecule has 0 bridgehead atoms. The van der Waals surface area contributed by atoms with Crippen LogP contribution in [0.1, 0.15) is 12.6 Å². The number of aromatic nitrogens is 1. The highest BCUT2D eigenvalue weighted by molar-refractivity contribution is 14.0. The SMILES string of the molecule is CN=C(NCC(C)Oc1ccc(Cl)cc1)N1CCN(Cc2ccon2)CC1.I. The van der Waals surface area contributed by atoms with Gasteiger partial charge in [0.05, 0.1) is 12.2 Å². The van der Waals surface area contributed by atoms with Crippen LogP contribution in [0.4, 0.5) is 0 Å². The first-order valence-corrected chi connectivity index (χ1v) is 9.51. The van der Waals surface area contributed by atoms with Gasteiger partial charge in [-0.25, -0.2) is 0 Å². The molecule has 1 aliphatic heterocycles. The predicted octanol–water partition coefficient (Wildman–Crippen LogP) is 3.11. The molecule has 0 saturated carbocycles. The Kier molecular flexibility index (Phi) is 9.33. The number of hydrogen-bond acceptors (Lipinski definition) is 5. The van der Waals surface area contributed by atoms with Crippen molar-refractivity contribution in [2.45, 2.75) is 19.6 Å². The summed E-state index contributed by atoms with van der Waals surface area (Å²) in [5.41, 5.74) is 0.971. The third kappa shape index (κ3) is 6.82. The second-order valence-corrected chi connectivity index (χ2v) is 7.00. The van der Waals surface area contributed by atoms with E-state index in [-0.39, 0.29) is 30.1 Å². The zero-order chi connectivity index (χ0) is 19.1. The van der Waals surface area contributed by atoms with Crippen LogP contribution in [0.3, 0.4) is 0 Å². The van der Waals surface area contributed by atoms with E-state index in [0.29, 0.717) is 11.6 Å². The summed E-state index contributed by atoms with van der Waals surface area (Å²) in [5.74, 6) is 1.72. The average molecular weight is 520 g/mol. The minimum atomic E-state index is 0. The number of nitrogens with one attached hydrogen (secondary N) is 1. The van der Waals surface area contributed by atoms with Crippen LogP contribution in [0.5, 0.6) is 5.75 Å². The first kappa shape index (κ1) is 22.8. The van der Waals surface area contributed by atoms with Crippen LogP contribution in [0.2, 0.25) is 5.02 Å². The molecular formula is C19H27ClIN5O2. The summed E-state index contributed by atoms with van der Waals surface area (Å²) in [6.07, 6.45) is 1.63. The molecule has 0 spiro atoms. The number of rotatable bonds is 6. The lowest BCUT2D eigenvalue weighted by molar-refractivity contribution is 0.167. The van der Waals surface area contributed by atoms with Crippen molar-refractivity contribution < 1.29 is 9.26 Å². The maximum atomic E-state index is 5.91. The van der Waals surface area contributed by atoms with Gasteiger partial charge in [-0.15, -0.1) is 24.0 Å². The summed E-state index contributed by atoms with van der Waals surface area (Å²) in [5, 5.41) is 8.10. The normalized spacial score (nSPS) is 16.4. The molecule has 1 atom stereocenters. The first-order chi connectivity index (χ1) is 13.1. The van der Waals surface area contributed by atoms with Crippen molar-refractivity contribution in [2.75, 3.05) is 39.8 Å². The Balaban J connectivity index is 0.00000280. The van der Waals surface area contributed by atoms with Gasteiger partial charge in [0.1, 0.15) is 18.1 Å². The molecule has 1 N–H and O–H groups in total. The second-order valence-electron chi connectivity index (χ2n) is 6.56. The number of nitrogens with zero attached hydrogens (tertiary/aromatic N) is 4. The number of halogens is 2. The standard InChI is InChI=1S/C19H26ClN5O2.HI/c1-15(27-18-5-3-16(20)4-6-18)13-22-19(21-2)25-10-8-24(9-11-25)14-17-7-12-26-23-17;/h3-7,12,15H,8-11,13-14H2,1-2H3,(H,21,22);1H. The molecule has 1 aromatic heterocycles. The van der Waals surface area contributed by atoms with Crippen molar-refractivity contribution in [1.29, 1.82) is 0 Å². The van der Waals surface area contributed by atoms with Gasteiger partial charge in [-0.2, -0.15) is 0 Å². The van der Waals surface area contributed by atoms with Crippen LogP contribution < -0.4 is 10.1 Å². The molecule has 1 unspecified atom stereocenters. The molecule has 1 aromatic carbocycles. The van der Waals surface area contributed by atoms with Crippen LogP contribution in [-0.4, -0.2) is 66.8 Å². The Labute approximate surface area is 188 Å². The van der Waals surface area contributed by atoms with Gasteiger partial charge >= 0.3 is 0 Å². The Morgan fingerprint density at radius 3 is 2.57 bits per heavy atom. The zero-order valence-electron chi connectivity index (χ0n) is 16.2. The average Bonchev–Trinajstić information content (AvgIpc) is 3.18. The highest BCUT2D eigenvalue weighted by atomic mass is 127. The molecule has 154 valence electrons. The molecule has 1 saturated heterocycles. The van der Waals surface area contributed by atoms with E-state index in [1.54, 1.807) is 6.26 Å². The quantitative estimate of drug-likeness (QED) is 0.359. The Morgan fingerprint density at radius 2 is 1.96 bits per heavy atom. The highest BCUT2D eigenvalue weighted by Crippen LogP contribution is 2.16. The van der Waals surface area contributed by atoms with Crippen LogP contribution >= 0.6 is 35.6 Å². The molecule has 3 rings (SSSR count). The molecule has 2 aromatic rings. The predicted molar refractivity (Wildman–Crippen MR) is 122 cm³/mol. The largest absolute Gasteiger partial charge is 0.489 e. The minimum absolute atomic E-state index is 0. The third-order valence-corrected chi connectivity index (χ3v) is 4.71. The van der Waals surface area contributed by atoms with E-state index in [1.165, 1.54) is 0 Å². The lowest BCUT2D eigenvalue weighted by Gasteiger charge is -2.36. The van der Waals surface area contributed by atoms with Gasteiger partial charge in [-0.05, 0) is 31.2 Å². The maximum absolute atomic E-state index is 5.91. The number of piperazine rings is 1. The zero-order valence-corrected chi connectivity index (χ0v) is 19.3. The lowest BCUT2D eigenvalue weighted by Crippen LogP contribution is -2.53. The van der Waals surface area contributed by atoms with Gasteiger partial charge in [0.25, 0.3) is 0 Å². The minimum Gasteiger partial charge on any atom is -0.489 e. The summed E-state index contributed by atoms with van der Waals surface area (Å²) in [6.45, 7) is 7.30. The molecule has 28 heavy (non-hydrogen) atoms. The molecule has 0 radical (unpaired) electrons. The molecule has 9 heteroatoms. The first-order valence-electron chi connectivity index (χ1n) is 9.13. The van der Waals surface area contributed by atoms with Crippen molar-refractivity contribution in [3.8, 4) is 5.75 Å². The van der Waals surface area contributed by atoms with E-state index in [9.17, 15) is 0 Å². The van der Waals surface area contributed by atoms with E-state index in [4.69, 9.17) is 20.9 Å². The summed E-state index contributed by atoms with van der Waals surface area (Å²) < 4.78 is 10.8. The van der Waals surface area contributed by atoms with E-state index >= 15 is 0 Å². The number of hydrogen-bond donors (Lipinski definition) is 1. The van der Waals surface area contributed by atoms with Crippen LogP contribution in [0.25, 0.3) is 0 Å². The summed E-state index contributed by atoms with van der Waals surface area (Å²) >= 11 is 5.90. The Bertz CT molecular complexity index is 718. The fourth-order valence-electron chi connectivity index (χ4n) is 3.02. The number of benzene rings is 1. The van der Waals surface area contributed by atoms with Crippen molar-refractivity contribution in [1.82, 2.24) is 20.3 Å². The molecule has 1 fully saturated rings. The third-order valence-electron chi connectivity index (χ3n) is 4.46. The van der Waals surface area contributed by atoms with E-state index in [0.717, 1.165) is 50.1 Å². The molecular weight excluding hydrogens is 493 g/mol. The van der Waals surface area contributed by atoms with Crippen molar-refractivity contribution >= 4 is 41.5 Å². The summed E-state index contributed by atoms with van der Waals surface area (Å²) in [4.78, 5) is 9.06. The van der Waals surface area contributed by atoms with Crippen molar-refractivity contribution in [2.24, 2.45) is 4.99 Å². The van der Waals surface area contributed by atoms with Gasteiger partial charge in [-0.3, -0.25) is 9.89 Å². The molecule has 0 amide bonds. The Morgan fingerprint density at radius 1 is 1.25 bits per heavy atom. The van der Waals surface area contributed by atoms with Gasteiger partial charge in [0.2, 0.25) is 0 Å². The smallest absolute Gasteiger partial charge is 0.193 e. The lowest BCUT2D eigenvalue weighted by atomic mass is 10.3. The van der Waals surface area contributed by atoms with Crippen LogP contribution in [-0.2, 0) is 6.54 Å². The maximum Gasteiger partial charge on any atom is 0.193 e. The van der Waals surface area contributed by atoms with E-state index < -0.39 is 0 Å². The van der Waals surface area contributed by atoms with E-state index in [2.05, 4.69) is 25.3 Å². The van der Waals surface area contributed by atoms with E-state index in [1.807, 2.05) is 44.3 Å². The molecule has 0 aliphatic carbocycles. The Hall–Kier alpha value is -1.52.